The minimum atomic E-state index is -0.453. The van der Waals surface area contributed by atoms with Crippen molar-refractivity contribution in [3.05, 3.63) is 59.7 Å². The van der Waals surface area contributed by atoms with Crippen molar-refractivity contribution in [2.75, 3.05) is 185 Å². The number of ether oxygens (including phenoxy) is 14. The molecule has 0 fully saturated rings. The van der Waals surface area contributed by atoms with Crippen LogP contribution in [0, 0.1) is 0 Å². The zero-order valence-corrected chi connectivity index (χ0v) is 45.0. The summed E-state index contributed by atoms with van der Waals surface area (Å²) in [6.07, 6.45) is 18.7. The Labute approximate surface area is 439 Å². The number of nitrogens with one attached hydrogen (secondary N) is 1. The van der Waals surface area contributed by atoms with E-state index in [1.54, 1.807) is 0 Å². The molecule has 420 valence electrons. The van der Waals surface area contributed by atoms with E-state index in [0.29, 0.717) is 172 Å². The fraction of sp³-hybridized carbons (Fsp3) is 0.772. The first-order chi connectivity index (χ1) is 36.3. The summed E-state index contributed by atoms with van der Waals surface area (Å²) in [4.78, 5) is 12.3. The molecule has 1 N–H and O–H groups in total. The molecule has 1 aliphatic carbocycles. The summed E-state index contributed by atoms with van der Waals surface area (Å²) in [6.45, 7) is 16.3. The predicted molar refractivity (Wildman–Crippen MR) is 284 cm³/mol. The Balaban J connectivity index is 0.880. The lowest BCUT2D eigenvalue weighted by Gasteiger charge is -2.14. The molecule has 0 radical (unpaired) electrons. The summed E-state index contributed by atoms with van der Waals surface area (Å²) < 4.78 is 77.8. The summed E-state index contributed by atoms with van der Waals surface area (Å²) in [6, 6.07) is 16.5. The lowest BCUT2D eigenvalue weighted by atomic mass is 9.98. The average Bonchev–Trinajstić information content (AvgIpc) is 3.73. The number of amides is 1. The maximum atomic E-state index is 12.3. The highest BCUT2D eigenvalue weighted by atomic mass is 16.6. The van der Waals surface area contributed by atoms with Crippen LogP contribution in [0.4, 0.5) is 4.79 Å². The third-order valence-electron chi connectivity index (χ3n) is 12.0. The number of carbonyl (C=O) groups is 1. The van der Waals surface area contributed by atoms with Crippen LogP contribution in [0.25, 0.3) is 11.1 Å². The van der Waals surface area contributed by atoms with E-state index in [9.17, 15) is 4.79 Å². The standard InChI is InChI=1S/C57H97NO15/c1-2-3-4-5-6-7-8-9-10-11-12-13-14-19-25-60-27-29-62-31-33-64-35-37-66-39-41-68-43-45-70-47-49-72-50-48-71-46-44-69-42-40-67-38-36-65-34-32-63-30-28-61-26-24-58-57(59)73-51-56-54-22-17-15-20-52(54)53-21-16-18-23-55(53)56/h15-18,20-23,56H,2-14,19,24-51H2,1H3,(H,58,59). The first kappa shape index (κ1) is 64.5. The molecule has 3 rings (SSSR count). The summed E-state index contributed by atoms with van der Waals surface area (Å²) in [5, 5.41) is 2.75. The Morgan fingerprint density at radius 2 is 0.603 bits per heavy atom. The maximum Gasteiger partial charge on any atom is 0.407 e. The number of fused-ring (bicyclic) bond motifs is 3. The van der Waals surface area contributed by atoms with Gasteiger partial charge >= 0.3 is 6.09 Å². The van der Waals surface area contributed by atoms with Gasteiger partial charge in [-0.2, -0.15) is 0 Å². The second-order valence-electron chi connectivity index (χ2n) is 17.8. The van der Waals surface area contributed by atoms with Gasteiger partial charge in [0.15, 0.2) is 0 Å². The molecule has 0 aromatic heterocycles. The summed E-state index contributed by atoms with van der Waals surface area (Å²) >= 11 is 0. The fourth-order valence-corrected chi connectivity index (χ4v) is 8.01. The van der Waals surface area contributed by atoms with E-state index in [0.717, 1.165) is 13.0 Å². The van der Waals surface area contributed by atoms with Crippen LogP contribution < -0.4 is 5.32 Å². The number of hydrogen-bond acceptors (Lipinski definition) is 15. The van der Waals surface area contributed by atoms with Crippen LogP contribution in [0.5, 0.6) is 0 Å². The highest BCUT2D eigenvalue weighted by Gasteiger charge is 2.29. The van der Waals surface area contributed by atoms with E-state index in [1.165, 1.54) is 106 Å². The summed E-state index contributed by atoms with van der Waals surface area (Å²) in [7, 11) is 0. The van der Waals surface area contributed by atoms with Crippen molar-refractivity contribution in [2.45, 2.75) is 103 Å². The average molecular weight is 1040 g/mol. The van der Waals surface area contributed by atoms with Gasteiger partial charge in [0.2, 0.25) is 0 Å². The number of carbonyl (C=O) groups excluding carboxylic acids is 1. The molecule has 0 atom stereocenters. The molecule has 0 bridgehead atoms. The van der Waals surface area contributed by atoms with Crippen molar-refractivity contribution >= 4 is 6.09 Å². The Morgan fingerprint density at radius 3 is 0.918 bits per heavy atom. The highest BCUT2D eigenvalue weighted by molar-refractivity contribution is 5.79. The molecule has 0 saturated heterocycles. The molecule has 1 amide bonds. The fourth-order valence-electron chi connectivity index (χ4n) is 8.01. The molecule has 2 aromatic carbocycles. The second-order valence-corrected chi connectivity index (χ2v) is 17.8. The molecule has 0 aliphatic heterocycles. The van der Waals surface area contributed by atoms with Crippen LogP contribution in [-0.4, -0.2) is 191 Å². The molecule has 1 aliphatic rings. The van der Waals surface area contributed by atoms with E-state index in [4.69, 9.17) is 66.3 Å². The van der Waals surface area contributed by atoms with E-state index >= 15 is 0 Å². The lowest BCUT2D eigenvalue weighted by Crippen LogP contribution is -2.29. The third-order valence-corrected chi connectivity index (χ3v) is 12.0. The van der Waals surface area contributed by atoms with Crippen molar-refractivity contribution in [1.82, 2.24) is 5.32 Å². The number of unbranched alkanes of at least 4 members (excludes halogenated alkanes) is 13. The first-order valence-corrected chi connectivity index (χ1v) is 27.9. The minimum absolute atomic E-state index is 0.0341. The van der Waals surface area contributed by atoms with Crippen molar-refractivity contribution in [3.63, 3.8) is 0 Å². The molecule has 73 heavy (non-hydrogen) atoms. The SMILES string of the molecule is CCCCCCCCCCCCCCCCOCCOCCOCCOCCOCCOCCOCCOCCOCCOCCOCCOCCOCCNC(=O)OCC1c2ccccc2-c2ccccc21. The normalized spacial score (nSPS) is 12.2. The van der Waals surface area contributed by atoms with Crippen molar-refractivity contribution in [1.29, 1.82) is 0 Å². The largest absolute Gasteiger partial charge is 0.449 e. The molecule has 16 nitrogen and oxygen atoms in total. The summed E-state index contributed by atoms with van der Waals surface area (Å²) in [5.74, 6) is 0.0341. The topological polar surface area (TPSA) is 158 Å². The van der Waals surface area contributed by atoms with Gasteiger partial charge in [0, 0.05) is 19.1 Å². The predicted octanol–water partition coefficient (Wildman–Crippen LogP) is 9.22. The van der Waals surface area contributed by atoms with Gasteiger partial charge in [-0.25, -0.2) is 4.79 Å². The minimum Gasteiger partial charge on any atom is -0.449 e. The zero-order valence-electron chi connectivity index (χ0n) is 45.0. The summed E-state index contributed by atoms with van der Waals surface area (Å²) in [5.41, 5.74) is 4.77. The second kappa shape index (κ2) is 50.0. The lowest BCUT2D eigenvalue weighted by molar-refractivity contribution is -0.0290. The van der Waals surface area contributed by atoms with Gasteiger partial charge in [0.1, 0.15) is 6.61 Å². The number of alkyl carbamates (subject to hydrolysis) is 1. The first-order valence-electron chi connectivity index (χ1n) is 27.9. The van der Waals surface area contributed by atoms with Crippen LogP contribution in [0.15, 0.2) is 48.5 Å². The number of benzene rings is 2. The van der Waals surface area contributed by atoms with Crippen LogP contribution in [0.2, 0.25) is 0 Å². The van der Waals surface area contributed by atoms with Crippen molar-refractivity contribution in [2.24, 2.45) is 0 Å². The molecular formula is C57H97NO15. The van der Waals surface area contributed by atoms with Gasteiger partial charge in [0.05, 0.1) is 165 Å². The van der Waals surface area contributed by atoms with Gasteiger partial charge in [-0.1, -0.05) is 139 Å². The maximum absolute atomic E-state index is 12.3. The molecule has 2 aromatic rings. The quantitative estimate of drug-likeness (QED) is 0.0625. The number of hydrogen-bond donors (Lipinski definition) is 1. The molecule has 0 spiro atoms. The van der Waals surface area contributed by atoms with Gasteiger partial charge in [-0.3, -0.25) is 0 Å². The van der Waals surface area contributed by atoms with E-state index in [-0.39, 0.29) is 12.5 Å². The van der Waals surface area contributed by atoms with E-state index < -0.39 is 6.09 Å². The van der Waals surface area contributed by atoms with Gasteiger partial charge in [0.25, 0.3) is 0 Å². The van der Waals surface area contributed by atoms with Crippen molar-refractivity contribution in [3.8, 4) is 11.1 Å². The third kappa shape index (κ3) is 36.8. The highest BCUT2D eigenvalue weighted by Crippen LogP contribution is 2.44. The molecule has 0 heterocycles. The monoisotopic (exact) mass is 1040 g/mol. The Bertz CT molecular complexity index is 1460. The Kier molecular flexibility index (Phi) is 44.2. The van der Waals surface area contributed by atoms with E-state index in [2.05, 4.69) is 36.5 Å². The smallest absolute Gasteiger partial charge is 0.407 e. The Morgan fingerprint density at radius 1 is 0.342 bits per heavy atom. The molecule has 16 heteroatoms. The zero-order chi connectivity index (χ0) is 51.4. The molecule has 0 unspecified atom stereocenters. The van der Waals surface area contributed by atoms with Crippen LogP contribution in [0.3, 0.4) is 0 Å². The number of rotatable bonds is 56. The van der Waals surface area contributed by atoms with Crippen LogP contribution in [0.1, 0.15) is 114 Å². The van der Waals surface area contributed by atoms with Gasteiger partial charge < -0.3 is 71.6 Å². The van der Waals surface area contributed by atoms with E-state index in [1.807, 2.05) is 24.3 Å². The van der Waals surface area contributed by atoms with Gasteiger partial charge in [-0.15, -0.1) is 0 Å². The van der Waals surface area contributed by atoms with Crippen LogP contribution >= 0.6 is 0 Å². The van der Waals surface area contributed by atoms with Crippen LogP contribution in [-0.2, 0) is 66.3 Å². The Hall–Kier alpha value is -2.81. The van der Waals surface area contributed by atoms with Crippen molar-refractivity contribution < 1.29 is 71.1 Å². The van der Waals surface area contributed by atoms with Gasteiger partial charge in [-0.05, 0) is 28.7 Å². The molecular weight excluding hydrogens is 939 g/mol. The molecule has 0 saturated carbocycles.